The number of benzene rings is 2. The third-order valence-electron chi connectivity index (χ3n) is 4.57. The Morgan fingerprint density at radius 3 is 2.28 bits per heavy atom. The molecule has 0 saturated carbocycles. The van der Waals surface area contributed by atoms with Crippen LogP contribution in [-0.2, 0) is 20.8 Å². The van der Waals surface area contributed by atoms with Gasteiger partial charge in [0.2, 0.25) is 0 Å². The van der Waals surface area contributed by atoms with Crippen molar-refractivity contribution in [2.24, 2.45) is 0 Å². The average molecular weight is 399 g/mol. The highest BCUT2D eigenvalue weighted by molar-refractivity contribution is 6.03. The molecular weight excluding hydrogens is 372 g/mol. The summed E-state index contributed by atoms with van der Waals surface area (Å²) in [7, 11) is 4.44. The molecule has 0 fully saturated rings. The number of amides is 1. The maximum absolute atomic E-state index is 12.6. The number of carbonyl (C=O) groups is 3. The first-order chi connectivity index (χ1) is 13.7. The number of hydrogen-bond acceptors (Lipinski definition) is 5. The van der Waals surface area contributed by atoms with Crippen molar-refractivity contribution in [3.8, 4) is 0 Å². The number of rotatable bonds is 7. The van der Waals surface area contributed by atoms with Gasteiger partial charge < -0.3 is 19.7 Å². The fourth-order valence-corrected chi connectivity index (χ4v) is 3.08. The van der Waals surface area contributed by atoms with E-state index in [9.17, 15) is 14.4 Å². The molecule has 0 aliphatic rings. The molecule has 2 aromatic rings. The molecule has 7 heteroatoms. The molecule has 29 heavy (non-hydrogen) atoms. The largest absolute Gasteiger partial charge is 0.465 e. The second-order valence-electron chi connectivity index (χ2n) is 7.03. The van der Waals surface area contributed by atoms with Crippen LogP contribution in [0, 0.1) is 13.8 Å². The van der Waals surface area contributed by atoms with E-state index in [2.05, 4.69) is 30.4 Å². The molecule has 7 nitrogen and oxygen atoms in total. The number of quaternary nitrogens is 1. The molecule has 0 aliphatic carbocycles. The number of nitrogens with one attached hydrogen (secondary N) is 2. The number of carbonyl (C=O) groups excluding carboxylic acids is 3. The van der Waals surface area contributed by atoms with E-state index in [0.29, 0.717) is 6.54 Å². The van der Waals surface area contributed by atoms with Crippen LogP contribution in [0.4, 0.5) is 5.69 Å². The van der Waals surface area contributed by atoms with Gasteiger partial charge in [-0.15, -0.1) is 0 Å². The van der Waals surface area contributed by atoms with Crippen LogP contribution in [0.3, 0.4) is 0 Å². The van der Waals surface area contributed by atoms with Gasteiger partial charge in [-0.25, -0.2) is 9.59 Å². The smallest absolute Gasteiger partial charge is 0.339 e. The Balaban J connectivity index is 2.13. The van der Waals surface area contributed by atoms with E-state index >= 15 is 0 Å². The summed E-state index contributed by atoms with van der Waals surface area (Å²) in [5, 5.41) is 2.72. The highest BCUT2D eigenvalue weighted by Crippen LogP contribution is 2.19. The fourth-order valence-electron chi connectivity index (χ4n) is 3.08. The number of hydrogen-bond donors (Lipinski definition) is 2. The molecule has 2 rings (SSSR count). The highest BCUT2D eigenvalue weighted by atomic mass is 16.5. The van der Waals surface area contributed by atoms with Crippen molar-refractivity contribution in [2.75, 3.05) is 33.1 Å². The molecule has 0 spiro atoms. The predicted octanol–water partition coefficient (Wildman–Crippen LogP) is 1.53. The Hall–Kier alpha value is -3.19. The number of aryl methyl sites for hydroxylation is 2. The molecular formula is C22H27N2O5+. The van der Waals surface area contributed by atoms with Gasteiger partial charge in [-0.1, -0.05) is 23.8 Å². The molecule has 0 radical (unpaired) electrons. The first-order valence-electron chi connectivity index (χ1n) is 9.23. The minimum absolute atomic E-state index is 0.167. The van der Waals surface area contributed by atoms with Crippen LogP contribution in [0.5, 0.6) is 0 Å². The minimum atomic E-state index is -0.604. The molecule has 0 saturated heterocycles. The van der Waals surface area contributed by atoms with E-state index in [0.717, 1.165) is 4.90 Å². The van der Waals surface area contributed by atoms with Crippen molar-refractivity contribution in [1.29, 1.82) is 0 Å². The lowest BCUT2D eigenvalue weighted by Gasteiger charge is -2.16. The third-order valence-corrected chi connectivity index (χ3v) is 4.57. The van der Waals surface area contributed by atoms with E-state index in [-0.39, 0.29) is 29.3 Å². The molecule has 1 atom stereocenters. The summed E-state index contributed by atoms with van der Waals surface area (Å²) in [5.41, 5.74) is 4.16. The number of methoxy groups -OCH3 is 2. The molecule has 1 amide bonds. The van der Waals surface area contributed by atoms with Gasteiger partial charge in [0, 0.05) is 5.56 Å². The summed E-state index contributed by atoms with van der Waals surface area (Å²) in [6.07, 6.45) is 0. The quantitative estimate of drug-likeness (QED) is 0.690. The Labute approximate surface area is 170 Å². The highest BCUT2D eigenvalue weighted by Gasteiger charge is 2.19. The molecule has 1 unspecified atom stereocenters. The lowest BCUT2D eigenvalue weighted by atomic mass is 10.1. The van der Waals surface area contributed by atoms with E-state index in [1.54, 1.807) is 0 Å². The number of anilines is 1. The summed E-state index contributed by atoms with van der Waals surface area (Å²) in [5.74, 6) is -1.44. The van der Waals surface area contributed by atoms with Crippen molar-refractivity contribution in [3.63, 3.8) is 0 Å². The van der Waals surface area contributed by atoms with Gasteiger partial charge in [0.1, 0.15) is 6.54 Å². The van der Waals surface area contributed by atoms with Crippen molar-refractivity contribution in [2.45, 2.75) is 20.4 Å². The molecule has 0 bridgehead atoms. The second-order valence-corrected chi connectivity index (χ2v) is 7.03. The summed E-state index contributed by atoms with van der Waals surface area (Å²) in [4.78, 5) is 37.3. The molecule has 154 valence electrons. The van der Waals surface area contributed by atoms with Gasteiger partial charge in [-0.2, -0.15) is 0 Å². The summed E-state index contributed by atoms with van der Waals surface area (Å²) in [6.45, 7) is 4.97. The van der Waals surface area contributed by atoms with Crippen LogP contribution in [0.1, 0.15) is 37.4 Å². The van der Waals surface area contributed by atoms with E-state index in [1.807, 2.05) is 14.0 Å². The molecule has 2 aromatic carbocycles. The molecule has 2 N–H and O–H groups in total. The first-order valence-corrected chi connectivity index (χ1v) is 9.23. The van der Waals surface area contributed by atoms with Crippen molar-refractivity contribution >= 4 is 23.5 Å². The monoisotopic (exact) mass is 399 g/mol. The maximum atomic E-state index is 12.6. The summed E-state index contributed by atoms with van der Waals surface area (Å²) in [6, 6.07) is 10.5. The standard InChI is InChI=1S/C22H26N2O5/c1-14-6-7-17(15(2)10-14)12-24(3)13-20(25)23-19-11-16(21(26)28-4)8-9-18(19)22(27)29-5/h6-11H,12-13H2,1-5H3,(H,23,25)/p+1. The van der Waals surface area contributed by atoms with Crippen LogP contribution in [0.15, 0.2) is 36.4 Å². The van der Waals surface area contributed by atoms with Gasteiger partial charge >= 0.3 is 11.9 Å². The number of esters is 2. The van der Waals surface area contributed by atoms with Crippen molar-refractivity contribution in [3.05, 3.63) is 64.2 Å². The zero-order valence-corrected chi connectivity index (χ0v) is 17.4. The Morgan fingerprint density at radius 1 is 0.966 bits per heavy atom. The third kappa shape index (κ3) is 5.89. The molecule has 0 heterocycles. The van der Waals surface area contributed by atoms with Crippen LogP contribution in [0.25, 0.3) is 0 Å². The topological polar surface area (TPSA) is 86.1 Å². The van der Waals surface area contributed by atoms with Gasteiger partial charge in [0.25, 0.3) is 5.91 Å². The Kier molecular flexibility index (Phi) is 7.50. The Bertz CT molecular complexity index is 923. The zero-order valence-electron chi connectivity index (χ0n) is 17.4. The summed E-state index contributed by atoms with van der Waals surface area (Å²) < 4.78 is 9.46. The van der Waals surface area contributed by atoms with E-state index in [1.165, 1.54) is 49.1 Å². The van der Waals surface area contributed by atoms with Gasteiger partial charge in [-0.05, 0) is 37.6 Å². The van der Waals surface area contributed by atoms with Crippen LogP contribution in [0.2, 0.25) is 0 Å². The number of likely N-dealkylation sites (N-methyl/N-ethyl adjacent to an activating group) is 1. The van der Waals surface area contributed by atoms with Gasteiger partial charge in [0.15, 0.2) is 6.54 Å². The van der Waals surface area contributed by atoms with Crippen molar-refractivity contribution < 1.29 is 28.8 Å². The predicted molar refractivity (Wildman–Crippen MR) is 109 cm³/mol. The van der Waals surface area contributed by atoms with Crippen LogP contribution in [-0.4, -0.2) is 45.7 Å². The SMILES string of the molecule is COC(=O)c1ccc(C(=O)OC)c(NC(=O)C[NH+](C)Cc2ccc(C)cc2C)c1. The fraction of sp³-hybridized carbons (Fsp3) is 0.318. The Morgan fingerprint density at radius 2 is 1.66 bits per heavy atom. The normalized spacial score (nSPS) is 11.5. The lowest BCUT2D eigenvalue weighted by molar-refractivity contribution is -0.885. The minimum Gasteiger partial charge on any atom is -0.465 e. The first kappa shape index (κ1) is 22.1. The van der Waals surface area contributed by atoms with Crippen LogP contribution >= 0.6 is 0 Å². The zero-order chi connectivity index (χ0) is 21.6. The van der Waals surface area contributed by atoms with Crippen LogP contribution < -0.4 is 10.2 Å². The number of ether oxygens (including phenoxy) is 2. The summed E-state index contributed by atoms with van der Waals surface area (Å²) >= 11 is 0. The van der Waals surface area contributed by atoms with E-state index in [4.69, 9.17) is 9.47 Å². The van der Waals surface area contributed by atoms with Gasteiger partial charge in [-0.3, -0.25) is 4.79 Å². The molecule has 0 aliphatic heterocycles. The van der Waals surface area contributed by atoms with E-state index < -0.39 is 11.9 Å². The second kappa shape index (κ2) is 9.84. The molecule has 0 aromatic heterocycles. The lowest BCUT2D eigenvalue weighted by Crippen LogP contribution is -3.08. The average Bonchev–Trinajstić information content (AvgIpc) is 2.68. The van der Waals surface area contributed by atoms with Crippen molar-refractivity contribution in [1.82, 2.24) is 0 Å². The maximum Gasteiger partial charge on any atom is 0.339 e. The van der Waals surface area contributed by atoms with Gasteiger partial charge in [0.05, 0.1) is 38.1 Å².